The lowest BCUT2D eigenvalue weighted by atomic mass is 9.82. The van der Waals surface area contributed by atoms with Crippen LogP contribution in [0, 0.1) is 23.7 Å². The SMILES string of the molecule is Cc1cc(N2CC[C@@](C=N)(C3CC3)C2=O)cc(NC(=O)Cc2cc(-c3cnn(C)c3)cs2)n1. The van der Waals surface area contributed by atoms with E-state index in [1.165, 1.54) is 17.6 Å². The first kappa shape index (κ1) is 21.5. The number of thiophene rings is 1. The van der Waals surface area contributed by atoms with Crippen LogP contribution in [0.2, 0.25) is 0 Å². The molecule has 2 aliphatic rings. The quantitative estimate of drug-likeness (QED) is 0.521. The molecule has 2 fully saturated rings. The molecule has 1 saturated carbocycles. The summed E-state index contributed by atoms with van der Waals surface area (Å²) >= 11 is 1.54. The zero-order valence-electron chi connectivity index (χ0n) is 18.7. The van der Waals surface area contributed by atoms with Gasteiger partial charge in [-0.05, 0) is 55.2 Å². The summed E-state index contributed by atoms with van der Waals surface area (Å²) < 4.78 is 1.75. The van der Waals surface area contributed by atoms with Crippen molar-refractivity contribution in [2.45, 2.75) is 32.6 Å². The number of rotatable bonds is 7. The van der Waals surface area contributed by atoms with E-state index in [0.29, 0.717) is 18.8 Å². The highest BCUT2D eigenvalue weighted by molar-refractivity contribution is 7.10. The molecule has 33 heavy (non-hydrogen) atoms. The molecule has 3 aromatic heterocycles. The van der Waals surface area contributed by atoms with Crippen LogP contribution in [-0.2, 0) is 23.1 Å². The number of anilines is 2. The van der Waals surface area contributed by atoms with Gasteiger partial charge in [0.1, 0.15) is 5.82 Å². The molecule has 1 aliphatic heterocycles. The van der Waals surface area contributed by atoms with E-state index >= 15 is 0 Å². The van der Waals surface area contributed by atoms with Gasteiger partial charge in [0.15, 0.2) is 0 Å². The molecule has 4 heterocycles. The van der Waals surface area contributed by atoms with Crippen molar-refractivity contribution in [1.82, 2.24) is 14.8 Å². The van der Waals surface area contributed by atoms with Gasteiger partial charge < -0.3 is 15.6 Å². The molecular formula is C24H26N6O2S. The van der Waals surface area contributed by atoms with Crippen LogP contribution >= 0.6 is 11.3 Å². The van der Waals surface area contributed by atoms with E-state index in [-0.39, 0.29) is 24.2 Å². The number of aromatic nitrogens is 3. The van der Waals surface area contributed by atoms with E-state index in [9.17, 15) is 9.59 Å². The molecule has 170 valence electrons. The normalized spacial score (nSPS) is 20.3. The van der Waals surface area contributed by atoms with E-state index in [1.54, 1.807) is 21.8 Å². The van der Waals surface area contributed by atoms with Gasteiger partial charge in [0.2, 0.25) is 11.8 Å². The van der Waals surface area contributed by atoms with Crippen molar-refractivity contribution in [3.63, 3.8) is 0 Å². The zero-order valence-corrected chi connectivity index (χ0v) is 19.5. The van der Waals surface area contributed by atoms with Gasteiger partial charge in [-0.2, -0.15) is 5.10 Å². The predicted molar refractivity (Wildman–Crippen MR) is 129 cm³/mol. The van der Waals surface area contributed by atoms with Crippen molar-refractivity contribution in [1.29, 1.82) is 5.41 Å². The van der Waals surface area contributed by atoms with Gasteiger partial charge in [-0.15, -0.1) is 11.3 Å². The average Bonchev–Trinajstić information content (AvgIpc) is 3.21. The van der Waals surface area contributed by atoms with Crippen molar-refractivity contribution in [2.75, 3.05) is 16.8 Å². The monoisotopic (exact) mass is 462 g/mol. The Hall–Kier alpha value is -3.33. The van der Waals surface area contributed by atoms with Gasteiger partial charge in [-0.1, -0.05) is 0 Å². The molecule has 2 N–H and O–H groups in total. The average molecular weight is 463 g/mol. The fraction of sp³-hybridized carbons (Fsp3) is 0.375. The summed E-state index contributed by atoms with van der Waals surface area (Å²) in [5.41, 5.74) is 2.86. The third kappa shape index (κ3) is 4.08. The fourth-order valence-corrected chi connectivity index (χ4v) is 5.53. The summed E-state index contributed by atoms with van der Waals surface area (Å²) in [4.78, 5) is 33.1. The van der Waals surface area contributed by atoms with E-state index in [4.69, 9.17) is 5.41 Å². The summed E-state index contributed by atoms with van der Waals surface area (Å²) in [6, 6.07) is 5.62. The minimum Gasteiger partial charge on any atom is -0.312 e. The minimum atomic E-state index is -0.661. The number of hydrogen-bond donors (Lipinski definition) is 2. The topological polar surface area (TPSA) is 104 Å². The third-order valence-corrected chi connectivity index (χ3v) is 7.44. The van der Waals surface area contributed by atoms with E-state index < -0.39 is 5.41 Å². The number of hydrogen-bond acceptors (Lipinski definition) is 6. The third-order valence-electron chi connectivity index (χ3n) is 6.50. The van der Waals surface area contributed by atoms with Crippen LogP contribution in [0.25, 0.3) is 11.1 Å². The lowest BCUT2D eigenvalue weighted by Gasteiger charge is -2.23. The zero-order chi connectivity index (χ0) is 23.2. The van der Waals surface area contributed by atoms with Gasteiger partial charge in [0, 0.05) is 53.9 Å². The van der Waals surface area contributed by atoms with E-state index in [2.05, 4.69) is 15.4 Å². The molecule has 5 rings (SSSR count). The number of carbonyl (C=O) groups excluding carboxylic acids is 2. The van der Waals surface area contributed by atoms with Crippen LogP contribution in [0.15, 0.2) is 36.0 Å². The van der Waals surface area contributed by atoms with Crippen LogP contribution in [0.3, 0.4) is 0 Å². The number of pyridine rings is 1. The summed E-state index contributed by atoms with van der Waals surface area (Å²) in [5, 5.41) is 17.0. The van der Waals surface area contributed by atoms with Gasteiger partial charge in [0.05, 0.1) is 18.0 Å². The number of carbonyl (C=O) groups is 2. The molecule has 3 aromatic rings. The number of amides is 2. The van der Waals surface area contributed by atoms with Crippen LogP contribution in [0.1, 0.15) is 29.8 Å². The van der Waals surface area contributed by atoms with Crippen LogP contribution in [0.5, 0.6) is 0 Å². The van der Waals surface area contributed by atoms with Crippen molar-refractivity contribution in [3.05, 3.63) is 46.5 Å². The van der Waals surface area contributed by atoms with Crippen molar-refractivity contribution in [2.24, 2.45) is 18.4 Å². The maximum atomic E-state index is 13.2. The Kier molecular flexibility index (Phi) is 5.36. The van der Waals surface area contributed by atoms with Crippen molar-refractivity contribution >= 4 is 40.9 Å². The molecule has 2 amide bonds. The molecule has 0 radical (unpaired) electrons. The standard InChI is InChI=1S/C24H26N6O2S/c1-15-7-19(30-6-5-24(14-25,23(30)32)18-3-4-18)9-21(27-15)28-22(31)10-20-8-16(13-33-20)17-11-26-29(2)12-17/h7-9,11-14,18,25H,3-6,10H2,1-2H3,(H,27,28,31)/t24-/m1/s1. The smallest absolute Gasteiger partial charge is 0.238 e. The largest absolute Gasteiger partial charge is 0.312 e. The van der Waals surface area contributed by atoms with Crippen molar-refractivity contribution < 1.29 is 9.59 Å². The molecule has 1 aliphatic carbocycles. The molecule has 9 heteroatoms. The summed E-state index contributed by atoms with van der Waals surface area (Å²) in [7, 11) is 1.88. The highest BCUT2D eigenvalue weighted by Gasteiger charge is 2.54. The number of nitrogens with zero attached hydrogens (tertiary/aromatic N) is 4. The lowest BCUT2D eigenvalue weighted by molar-refractivity contribution is -0.123. The number of nitrogens with one attached hydrogen (secondary N) is 2. The Morgan fingerprint density at radius 2 is 2.15 bits per heavy atom. The highest BCUT2D eigenvalue weighted by Crippen LogP contribution is 2.51. The second-order valence-corrected chi connectivity index (χ2v) is 9.94. The van der Waals surface area contributed by atoms with Gasteiger partial charge in [-0.25, -0.2) is 4.98 Å². The highest BCUT2D eigenvalue weighted by atomic mass is 32.1. The van der Waals surface area contributed by atoms with E-state index in [1.807, 2.05) is 37.7 Å². The molecular weight excluding hydrogens is 436 g/mol. The van der Waals surface area contributed by atoms with Crippen LogP contribution in [-0.4, -0.2) is 39.3 Å². The lowest BCUT2D eigenvalue weighted by Crippen LogP contribution is -2.37. The Labute approximate surface area is 196 Å². The van der Waals surface area contributed by atoms with E-state index in [0.717, 1.165) is 40.2 Å². The van der Waals surface area contributed by atoms with Gasteiger partial charge in [0.25, 0.3) is 0 Å². The molecule has 1 saturated heterocycles. The molecule has 8 nitrogen and oxygen atoms in total. The Balaban J connectivity index is 1.29. The predicted octanol–water partition coefficient (Wildman–Crippen LogP) is 3.82. The fourth-order valence-electron chi connectivity index (χ4n) is 4.64. The summed E-state index contributed by atoms with van der Waals surface area (Å²) in [6.07, 6.45) is 8.04. The second kappa shape index (κ2) is 8.22. The Morgan fingerprint density at radius 1 is 1.33 bits per heavy atom. The summed E-state index contributed by atoms with van der Waals surface area (Å²) in [6.45, 7) is 2.43. The molecule has 0 unspecified atom stereocenters. The van der Waals surface area contributed by atoms with Crippen molar-refractivity contribution in [3.8, 4) is 11.1 Å². The summed E-state index contributed by atoms with van der Waals surface area (Å²) in [5.74, 6) is 0.560. The minimum absolute atomic E-state index is 0.00982. The first-order chi connectivity index (χ1) is 15.9. The molecule has 1 atom stereocenters. The van der Waals surface area contributed by atoms with Crippen LogP contribution < -0.4 is 10.2 Å². The van der Waals surface area contributed by atoms with Gasteiger partial charge >= 0.3 is 0 Å². The first-order valence-corrected chi connectivity index (χ1v) is 11.9. The maximum Gasteiger partial charge on any atom is 0.238 e. The maximum absolute atomic E-state index is 13.2. The molecule has 0 spiro atoms. The molecule has 0 bridgehead atoms. The first-order valence-electron chi connectivity index (χ1n) is 11.1. The van der Waals surface area contributed by atoms with Gasteiger partial charge in [-0.3, -0.25) is 14.3 Å². The molecule has 0 aromatic carbocycles. The Bertz CT molecular complexity index is 1240. The second-order valence-electron chi connectivity index (χ2n) is 8.95. The number of aryl methyl sites for hydroxylation is 2. The Morgan fingerprint density at radius 3 is 2.85 bits per heavy atom. The van der Waals surface area contributed by atoms with Crippen LogP contribution in [0.4, 0.5) is 11.5 Å².